The van der Waals surface area contributed by atoms with Crippen LogP contribution in [0.3, 0.4) is 0 Å². The van der Waals surface area contributed by atoms with Crippen molar-refractivity contribution in [3.63, 3.8) is 0 Å². The van der Waals surface area contributed by atoms with Gasteiger partial charge in [0.15, 0.2) is 0 Å². The van der Waals surface area contributed by atoms with Crippen LogP contribution in [0.4, 0.5) is 4.39 Å². The van der Waals surface area contributed by atoms with E-state index < -0.39 is 0 Å². The van der Waals surface area contributed by atoms with Crippen LogP contribution in [0.25, 0.3) is 34.0 Å². The van der Waals surface area contributed by atoms with Gasteiger partial charge in [0.25, 0.3) is 5.89 Å². The van der Waals surface area contributed by atoms with Crippen molar-refractivity contribution in [3.8, 4) is 34.0 Å². The van der Waals surface area contributed by atoms with Crippen molar-refractivity contribution in [2.24, 2.45) is 5.92 Å². The summed E-state index contributed by atoms with van der Waals surface area (Å²) in [5.41, 5.74) is 6.57. The largest absolute Gasteiger partial charge is 0.334 e. The Hall–Kier alpha value is -3.71. The molecule has 0 spiro atoms. The topological polar surface area (TPSA) is 80.9 Å². The molecule has 4 aromatic rings. The molecule has 2 aromatic carbocycles. The number of rotatable bonds is 6. The van der Waals surface area contributed by atoms with Crippen molar-refractivity contribution in [3.05, 3.63) is 77.4 Å². The number of benzene rings is 2. The number of aryl methyl sites for hydroxylation is 2. The molecule has 6 nitrogen and oxygen atoms in total. The predicted octanol–water partition coefficient (Wildman–Crippen LogP) is 5.47. The van der Waals surface area contributed by atoms with E-state index in [1.54, 1.807) is 12.3 Å². The number of carbonyl (C=O) groups is 1. The average Bonchev–Trinajstić information content (AvgIpc) is 3.49. The number of nitrogens with zero attached hydrogens (tertiary/aromatic N) is 3. The highest BCUT2D eigenvalue weighted by atomic mass is 19.1. The van der Waals surface area contributed by atoms with Crippen molar-refractivity contribution in [2.45, 2.75) is 44.7 Å². The Morgan fingerprint density at radius 1 is 1.09 bits per heavy atom. The summed E-state index contributed by atoms with van der Waals surface area (Å²) in [4.78, 5) is 19.3. The van der Waals surface area contributed by atoms with E-state index in [-0.39, 0.29) is 11.7 Å². The molecule has 0 saturated heterocycles. The summed E-state index contributed by atoms with van der Waals surface area (Å²) in [5, 5.41) is 7.93. The standard InChI is InChI=1S/C28H25FN4O2/c1-16-10-20(3-5-22(16)24-8-9-30-14-25(24)29)28-32-27(33-35-28)19-2-6-23-18(13-19)4-7-26(23)31-21-11-17(12-21)15-34/h2-3,5-6,8-10,13-15,17,21,26,31H,4,7,11-12H2,1H3/t17-,21-,26?. The summed E-state index contributed by atoms with van der Waals surface area (Å²) in [6.07, 6.45) is 7.82. The van der Waals surface area contributed by atoms with Gasteiger partial charge in [-0.05, 0) is 79.1 Å². The van der Waals surface area contributed by atoms with Gasteiger partial charge in [0.05, 0.1) is 6.20 Å². The highest BCUT2D eigenvalue weighted by Gasteiger charge is 2.32. The van der Waals surface area contributed by atoms with Crippen LogP contribution in [0.5, 0.6) is 0 Å². The van der Waals surface area contributed by atoms with E-state index in [0.717, 1.165) is 54.2 Å². The number of nitrogens with one attached hydrogen (secondary N) is 1. The minimum atomic E-state index is -0.352. The van der Waals surface area contributed by atoms with Crippen molar-refractivity contribution < 1.29 is 13.7 Å². The average molecular weight is 469 g/mol. The lowest BCUT2D eigenvalue weighted by atomic mass is 9.81. The van der Waals surface area contributed by atoms with Gasteiger partial charge in [-0.15, -0.1) is 0 Å². The molecule has 7 heteroatoms. The number of fused-ring (bicyclic) bond motifs is 1. The van der Waals surface area contributed by atoms with Gasteiger partial charge in [0.2, 0.25) is 5.82 Å². The van der Waals surface area contributed by atoms with E-state index in [1.807, 2.05) is 31.2 Å². The highest BCUT2D eigenvalue weighted by Crippen LogP contribution is 2.37. The van der Waals surface area contributed by atoms with Crippen LogP contribution in [-0.2, 0) is 11.2 Å². The maximum atomic E-state index is 14.2. The molecule has 1 fully saturated rings. The Morgan fingerprint density at radius 3 is 2.74 bits per heavy atom. The lowest BCUT2D eigenvalue weighted by Crippen LogP contribution is -2.43. The Balaban J connectivity index is 1.20. The number of halogens is 1. The van der Waals surface area contributed by atoms with E-state index >= 15 is 0 Å². The second-order valence-electron chi connectivity index (χ2n) is 9.54. The summed E-state index contributed by atoms with van der Waals surface area (Å²) in [6, 6.07) is 14.5. The lowest BCUT2D eigenvalue weighted by Gasteiger charge is -2.35. The summed E-state index contributed by atoms with van der Waals surface area (Å²) in [7, 11) is 0. The fourth-order valence-corrected chi connectivity index (χ4v) is 5.27. The number of aldehydes is 1. The molecule has 6 rings (SSSR count). The normalized spacial score (nSPS) is 20.9. The van der Waals surface area contributed by atoms with E-state index in [9.17, 15) is 9.18 Å². The molecule has 1 unspecified atom stereocenters. The summed E-state index contributed by atoms with van der Waals surface area (Å²) in [5.74, 6) is 0.851. The van der Waals surface area contributed by atoms with E-state index in [1.165, 1.54) is 17.3 Å². The number of aromatic nitrogens is 3. The van der Waals surface area contributed by atoms with Crippen LogP contribution in [-0.4, -0.2) is 27.5 Å². The van der Waals surface area contributed by atoms with Crippen LogP contribution in [0, 0.1) is 18.7 Å². The van der Waals surface area contributed by atoms with Crippen molar-refractivity contribution in [1.29, 1.82) is 0 Å². The van der Waals surface area contributed by atoms with Crippen LogP contribution in [0.15, 0.2) is 59.4 Å². The minimum absolute atomic E-state index is 0.222. The van der Waals surface area contributed by atoms with Gasteiger partial charge in [-0.2, -0.15) is 4.98 Å². The fourth-order valence-electron chi connectivity index (χ4n) is 5.27. The van der Waals surface area contributed by atoms with Gasteiger partial charge in [0.1, 0.15) is 12.1 Å². The zero-order valence-corrected chi connectivity index (χ0v) is 19.4. The molecule has 1 N–H and O–H groups in total. The van der Waals surface area contributed by atoms with Crippen molar-refractivity contribution >= 4 is 6.29 Å². The van der Waals surface area contributed by atoms with Crippen molar-refractivity contribution in [2.75, 3.05) is 0 Å². The maximum Gasteiger partial charge on any atom is 0.258 e. The Labute approximate surface area is 202 Å². The van der Waals surface area contributed by atoms with E-state index in [4.69, 9.17) is 4.52 Å². The van der Waals surface area contributed by atoms with Gasteiger partial charge >= 0.3 is 0 Å². The Morgan fingerprint density at radius 2 is 1.94 bits per heavy atom. The van der Waals surface area contributed by atoms with Crippen LogP contribution in [0.2, 0.25) is 0 Å². The molecule has 1 saturated carbocycles. The van der Waals surface area contributed by atoms with Gasteiger partial charge in [0, 0.05) is 40.9 Å². The monoisotopic (exact) mass is 468 g/mol. The van der Waals surface area contributed by atoms with Crippen LogP contribution < -0.4 is 5.32 Å². The number of pyridine rings is 1. The Bertz CT molecular complexity index is 1410. The number of hydrogen-bond acceptors (Lipinski definition) is 6. The molecular weight excluding hydrogens is 443 g/mol. The molecular formula is C28H25FN4O2. The molecule has 2 heterocycles. The first-order valence-corrected chi connectivity index (χ1v) is 12.0. The Kier molecular flexibility index (Phi) is 5.49. The van der Waals surface area contributed by atoms with Gasteiger partial charge in [-0.3, -0.25) is 4.98 Å². The van der Waals surface area contributed by atoms with E-state index in [0.29, 0.717) is 29.4 Å². The summed E-state index contributed by atoms with van der Waals surface area (Å²) in [6.45, 7) is 1.93. The molecule has 2 aromatic heterocycles. The minimum Gasteiger partial charge on any atom is -0.334 e. The lowest BCUT2D eigenvalue weighted by molar-refractivity contribution is -0.113. The molecule has 2 aliphatic rings. The maximum absolute atomic E-state index is 14.2. The van der Waals surface area contributed by atoms with Crippen molar-refractivity contribution in [1.82, 2.24) is 20.4 Å². The molecule has 176 valence electrons. The number of carbonyl (C=O) groups excluding carboxylic acids is 1. The first-order valence-electron chi connectivity index (χ1n) is 12.0. The molecule has 2 aliphatic carbocycles. The van der Waals surface area contributed by atoms with Crippen LogP contribution in [0.1, 0.15) is 42.0 Å². The van der Waals surface area contributed by atoms with Crippen LogP contribution >= 0.6 is 0 Å². The highest BCUT2D eigenvalue weighted by molar-refractivity contribution is 5.72. The predicted molar refractivity (Wildman–Crippen MR) is 130 cm³/mol. The molecule has 0 bridgehead atoms. The third-order valence-corrected chi connectivity index (χ3v) is 7.24. The molecule has 0 amide bonds. The fraction of sp³-hybridized carbons (Fsp3) is 0.286. The number of hydrogen-bond donors (Lipinski definition) is 1. The van der Waals surface area contributed by atoms with Gasteiger partial charge in [-0.1, -0.05) is 23.4 Å². The molecule has 0 radical (unpaired) electrons. The molecule has 1 atom stereocenters. The second-order valence-corrected chi connectivity index (χ2v) is 9.54. The first-order chi connectivity index (χ1) is 17.1. The second kappa shape index (κ2) is 8.82. The third kappa shape index (κ3) is 4.06. The molecule has 0 aliphatic heterocycles. The van der Waals surface area contributed by atoms with Gasteiger partial charge < -0.3 is 14.6 Å². The zero-order chi connectivity index (χ0) is 23.9. The smallest absolute Gasteiger partial charge is 0.258 e. The SMILES string of the molecule is Cc1cc(-c2nc(-c3ccc4c(c3)CCC4N[C@H]3C[C@H](C=O)C3)no2)ccc1-c1ccncc1F. The zero-order valence-electron chi connectivity index (χ0n) is 19.4. The third-order valence-electron chi connectivity index (χ3n) is 7.24. The van der Waals surface area contributed by atoms with Gasteiger partial charge in [-0.25, -0.2) is 4.39 Å². The quantitative estimate of drug-likeness (QED) is 0.378. The van der Waals surface area contributed by atoms with E-state index in [2.05, 4.69) is 32.6 Å². The summed E-state index contributed by atoms with van der Waals surface area (Å²) >= 11 is 0. The molecule has 35 heavy (non-hydrogen) atoms. The summed E-state index contributed by atoms with van der Waals surface area (Å²) < 4.78 is 19.8. The first kappa shape index (κ1) is 21.8.